The highest BCUT2D eigenvalue weighted by Gasteiger charge is 2.26. The average Bonchev–Trinajstić information content (AvgIpc) is 3.24. The first-order chi connectivity index (χ1) is 14.2. The number of rotatable bonds is 7. The quantitative estimate of drug-likeness (QED) is 0.450. The molecule has 3 rings (SSSR count). The number of benzene rings is 2. The predicted molar refractivity (Wildman–Crippen MR) is 117 cm³/mol. The van der Waals surface area contributed by atoms with Crippen LogP contribution in [0.25, 0.3) is 11.3 Å². The van der Waals surface area contributed by atoms with Gasteiger partial charge in [-0.3, -0.25) is 0 Å². The van der Waals surface area contributed by atoms with E-state index in [1.165, 1.54) is 6.39 Å². The Hall–Kier alpha value is -2.22. The first-order valence-electron chi connectivity index (χ1n) is 9.53. The minimum Gasteiger partial charge on any atom is -0.453 e. The lowest BCUT2D eigenvalue weighted by Gasteiger charge is -2.24. The van der Waals surface area contributed by atoms with E-state index in [9.17, 15) is 4.21 Å². The highest BCUT2D eigenvalue weighted by Crippen LogP contribution is 2.37. The molecular formula is C22H24ClFN2O3S. The number of halogens is 2. The maximum Gasteiger partial charge on any atom is 0.181 e. The van der Waals surface area contributed by atoms with Crippen molar-refractivity contribution >= 4 is 22.6 Å². The van der Waals surface area contributed by atoms with E-state index in [-0.39, 0.29) is 10.8 Å². The molecule has 2 aromatic carbocycles. The van der Waals surface area contributed by atoms with Gasteiger partial charge >= 0.3 is 0 Å². The van der Waals surface area contributed by atoms with E-state index in [1.807, 2.05) is 27.7 Å². The highest BCUT2D eigenvalue weighted by molar-refractivity contribution is 7.84. The van der Waals surface area contributed by atoms with Gasteiger partial charge in [0.05, 0.1) is 27.0 Å². The zero-order valence-corrected chi connectivity index (χ0v) is 18.8. The van der Waals surface area contributed by atoms with Crippen molar-refractivity contribution in [3.05, 3.63) is 65.4 Å². The topological polar surface area (TPSA) is 64.4 Å². The Kier molecular flexibility index (Phi) is 6.95. The average molecular weight is 451 g/mol. The molecule has 0 bridgehead atoms. The number of nitrogens with one attached hydrogen (secondary N) is 1. The molecule has 0 aliphatic rings. The molecular weight excluding hydrogens is 427 g/mol. The number of aromatic nitrogens is 1. The van der Waals surface area contributed by atoms with Gasteiger partial charge in [-0.25, -0.2) is 18.3 Å². The van der Waals surface area contributed by atoms with Gasteiger partial charge in [0.15, 0.2) is 23.7 Å². The Morgan fingerprint density at radius 1 is 1.23 bits per heavy atom. The third-order valence-corrected chi connectivity index (χ3v) is 6.37. The van der Waals surface area contributed by atoms with Gasteiger partial charge in [0.2, 0.25) is 0 Å². The second-order valence-corrected chi connectivity index (χ2v) is 10.1. The molecule has 0 aliphatic carbocycles. The van der Waals surface area contributed by atoms with Gasteiger partial charge in [-0.05, 0) is 57.5 Å². The summed E-state index contributed by atoms with van der Waals surface area (Å²) >= 11 is 6.22. The van der Waals surface area contributed by atoms with Gasteiger partial charge in [-0.15, -0.1) is 0 Å². The second kappa shape index (κ2) is 9.29. The van der Waals surface area contributed by atoms with Crippen molar-refractivity contribution in [3.8, 4) is 22.8 Å². The fourth-order valence-corrected chi connectivity index (χ4v) is 3.84. The van der Waals surface area contributed by atoms with Crippen molar-refractivity contribution in [3.63, 3.8) is 0 Å². The molecule has 0 saturated heterocycles. The summed E-state index contributed by atoms with van der Waals surface area (Å²) in [6.45, 7) is 7.47. The molecule has 30 heavy (non-hydrogen) atoms. The van der Waals surface area contributed by atoms with Crippen LogP contribution < -0.4 is 9.46 Å². The Labute approximate surface area is 183 Å². The summed E-state index contributed by atoms with van der Waals surface area (Å²) in [5, 5.41) is 0.155. The van der Waals surface area contributed by atoms with E-state index in [0.29, 0.717) is 23.5 Å². The lowest BCUT2D eigenvalue weighted by Crippen LogP contribution is -2.35. The fraction of sp³-hybridized carbons (Fsp3) is 0.318. The van der Waals surface area contributed by atoms with Crippen molar-refractivity contribution in [1.29, 1.82) is 0 Å². The zero-order chi connectivity index (χ0) is 21.9. The lowest BCUT2D eigenvalue weighted by atomic mass is 10.0. The van der Waals surface area contributed by atoms with E-state index < -0.39 is 27.6 Å². The van der Waals surface area contributed by atoms with Gasteiger partial charge in [0.25, 0.3) is 0 Å². The van der Waals surface area contributed by atoms with E-state index in [0.717, 1.165) is 5.56 Å². The number of hydrogen-bond acceptors (Lipinski definition) is 4. The molecule has 3 aromatic rings. The van der Waals surface area contributed by atoms with Crippen LogP contribution in [-0.2, 0) is 11.0 Å². The van der Waals surface area contributed by atoms with Crippen LogP contribution in [0.3, 0.4) is 0 Å². The van der Waals surface area contributed by atoms with Crippen LogP contribution in [0.5, 0.6) is 11.5 Å². The Morgan fingerprint density at radius 3 is 2.50 bits per heavy atom. The van der Waals surface area contributed by atoms with Gasteiger partial charge in [-0.2, -0.15) is 0 Å². The van der Waals surface area contributed by atoms with Crippen LogP contribution in [0.2, 0.25) is 5.02 Å². The van der Waals surface area contributed by atoms with Crippen LogP contribution in [0, 0.1) is 5.82 Å². The molecule has 8 heteroatoms. The van der Waals surface area contributed by atoms with Gasteiger partial charge < -0.3 is 9.15 Å². The molecule has 1 unspecified atom stereocenters. The van der Waals surface area contributed by atoms with Crippen molar-refractivity contribution in [2.75, 3.05) is 0 Å². The van der Waals surface area contributed by atoms with E-state index in [1.54, 1.807) is 42.6 Å². The third kappa shape index (κ3) is 5.09. The Bertz CT molecular complexity index is 1020. The maximum absolute atomic E-state index is 15.3. The number of oxazole rings is 1. The summed E-state index contributed by atoms with van der Waals surface area (Å²) in [5.41, 5.74) is 1.17. The smallest absolute Gasteiger partial charge is 0.181 e. The maximum atomic E-state index is 15.3. The van der Waals surface area contributed by atoms with Gasteiger partial charge in [0.1, 0.15) is 5.75 Å². The molecule has 0 fully saturated rings. The van der Waals surface area contributed by atoms with Crippen molar-refractivity contribution < 1.29 is 17.8 Å². The third-order valence-electron chi connectivity index (χ3n) is 4.46. The predicted octanol–water partition coefficient (Wildman–Crippen LogP) is 6.43. The molecule has 0 radical (unpaired) electrons. The van der Waals surface area contributed by atoms with Crippen LogP contribution in [0.1, 0.15) is 45.7 Å². The van der Waals surface area contributed by atoms with Crippen LogP contribution >= 0.6 is 11.6 Å². The fourth-order valence-electron chi connectivity index (χ4n) is 2.75. The lowest BCUT2D eigenvalue weighted by molar-refractivity contribution is 0.432. The summed E-state index contributed by atoms with van der Waals surface area (Å²) in [6, 6.07) is 9.71. The molecule has 1 N–H and O–H groups in total. The summed E-state index contributed by atoms with van der Waals surface area (Å²) in [5.74, 6) is 0.405. The molecule has 0 amide bonds. The molecule has 5 nitrogen and oxygen atoms in total. The number of ether oxygens (including phenoxy) is 1. The summed E-state index contributed by atoms with van der Waals surface area (Å²) in [7, 11) is -1.35. The number of hydrogen-bond donors (Lipinski definition) is 1. The normalized spacial score (nSPS) is 13.8. The number of nitrogens with zero attached hydrogens (tertiary/aromatic N) is 1. The van der Waals surface area contributed by atoms with Crippen molar-refractivity contribution in [2.24, 2.45) is 0 Å². The van der Waals surface area contributed by atoms with E-state index in [2.05, 4.69) is 9.71 Å². The molecule has 0 spiro atoms. The minimum absolute atomic E-state index is 0.0663. The van der Waals surface area contributed by atoms with Gasteiger partial charge in [0, 0.05) is 17.2 Å². The summed E-state index contributed by atoms with van der Waals surface area (Å²) in [4.78, 5) is 3.89. The van der Waals surface area contributed by atoms with E-state index in [4.69, 9.17) is 20.8 Å². The molecule has 2 atom stereocenters. The van der Waals surface area contributed by atoms with Crippen LogP contribution in [0.15, 0.2) is 53.4 Å². The minimum atomic E-state index is -1.35. The monoisotopic (exact) mass is 450 g/mol. The standard InChI is InChI=1S/C22H24ClFN2O3S/c1-5-18(26-30(27)22(2,3)4)16-10-11-17(23)21(20(16)24)29-15-8-6-14(7-9-15)19-12-25-13-28-19/h6-13,18,26H,5H2,1-4H3/t18-,30?/m1/s1. The molecule has 1 aromatic heterocycles. The van der Waals surface area contributed by atoms with Crippen molar-refractivity contribution in [1.82, 2.24) is 9.71 Å². The SMILES string of the molecule is CC[C@@H](NS(=O)C(C)(C)C)c1ccc(Cl)c(Oc2ccc(-c3cnco3)cc2)c1F. The van der Waals surface area contributed by atoms with Gasteiger partial charge in [-0.1, -0.05) is 24.6 Å². The largest absolute Gasteiger partial charge is 0.453 e. The zero-order valence-electron chi connectivity index (χ0n) is 17.2. The Balaban J connectivity index is 1.86. The second-order valence-electron chi connectivity index (χ2n) is 7.73. The molecule has 0 saturated carbocycles. The van der Waals surface area contributed by atoms with E-state index >= 15 is 4.39 Å². The van der Waals surface area contributed by atoms with Crippen molar-refractivity contribution in [2.45, 2.75) is 44.9 Å². The van der Waals surface area contributed by atoms with Crippen LogP contribution in [0.4, 0.5) is 4.39 Å². The highest BCUT2D eigenvalue weighted by atomic mass is 35.5. The first kappa shape index (κ1) is 22.5. The molecule has 160 valence electrons. The first-order valence-corrected chi connectivity index (χ1v) is 11.1. The van der Waals surface area contributed by atoms with Crippen LogP contribution in [-0.4, -0.2) is 13.9 Å². The molecule has 0 aliphatic heterocycles. The summed E-state index contributed by atoms with van der Waals surface area (Å²) < 4.78 is 41.4. The summed E-state index contributed by atoms with van der Waals surface area (Å²) in [6.07, 6.45) is 3.51. The Morgan fingerprint density at radius 2 is 1.93 bits per heavy atom. The molecule has 1 heterocycles.